The first-order chi connectivity index (χ1) is 8.75. The number of hydrogen-bond acceptors (Lipinski definition) is 3. The van der Waals surface area contributed by atoms with E-state index in [2.05, 4.69) is 22.0 Å². The van der Waals surface area contributed by atoms with Crippen molar-refractivity contribution in [3.63, 3.8) is 0 Å². The Morgan fingerprint density at radius 3 is 2.78 bits per heavy atom. The van der Waals surface area contributed by atoms with Gasteiger partial charge in [0.05, 0.1) is 0 Å². The Kier molecular flexibility index (Phi) is 3.92. The molecular weight excluding hydrogens is 222 g/mol. The first-order valence-electron chi connectivity index (χ1n) is 7.92. The Bertz CT molecular complexity index is 273. The molecule has 0 bridgehead atoms. The summed E-state index contributed by atoms with van der Waals surface area (Å²) in [5.74, 6) is 0. The average molecular weight is 251 g/mol. The molecule has 3 heteroatoms. The summed E-state index contributed by atoms with van der Waals surface area (Å²) in [6, 6.07) is 0.873. The van der Waals surface area contributed by atoms with Crippen LogP contribution in [-0.2, 0) is 0 Å². The lowest BCUT2D eigenvalue weighted by Gasteiger charge is -2.47. The molecule has 0 aromatic heterocycles. The smallest absolute Gasteiger partial charge is 0.0223 e. The summed E-state index contributed by atoms with van der Waals surface area (Å²) in [6.45, 7) is 11.6. The maximum atomic E-state index is 3.50. The van der Waals surface area contributed by atoms with Crippen LogP contribution in [0.2, 0.25) is 0 Å². The van der Waals surface area contributed by atoms with Crippen molar-refractivity contribution in [2.45, 2.75) is 45.1 Å². The number of piperazine rings is 1. The zero-order valence-electron chi connectivity index (χ0n) is 12.0. The first-order valence-corrected chi connectivity index (χ1v) is 7.92. The predicted molar refractivity (Wildman–Crippen MR) is 75.9 cm³/mol. The summed E-state index contributed by atoms with van der Waals surface area (Å²) < 4.78 is 0. The van der Waals surface area contributed by atoms with Crippen molar-refractivity contribution in [1.29, 1.82) is 0 Å². The first kappa shape index (κ1) is 12.9. The highest BCUT2D eigenvalue weighted by atomic mass is 15.3. The third kappa shape index (κ3) is 2.89. The van der Waals surface area contributed by atoms with Crippen LogP contribution in [0.5, 0.6) is 0 Å². The molecule has 0 aliphatic carbocycles. The van der Waals surface area contributed by atoms with Gasteiger partial charge >= 0.3 is 0 Å². The largest absolute Gasteiger partial charge is 0.317 e. The van der Waals surface area contributed by atoms with E-state index in [0.29, 0.717) is 5.41 Å². The van der Waals surface area contributed by atoms with E-state index in [4.69, 9.17) is 0 Å². The summed E-state index contributed by atoms with van der Waals surface area (Å²) in [4.78, 5) is 5.50. The van der Waals surface area contributed by atoms with Crippen molar-refractivity contribution in [3.05, 3.63) is 0 Å². The molecule has 3 saturated heterocycles. The van der Waals surface area contributed by atoms with Gasteiger partial charge in [0.2, 0.25) is 0 Å². The van der Waals surface area contributed by atoms with E-state index in [1.807, 2.05) is 0 Å². The lowest BCUT2D eigenvalue weighted by molar-refractivity contribution is 0.0224. The van der Waals surface area contributed by atoms with Crippen molar-refractivity contribution >= 4 is 0 Å². The van der Waals surface area contributed by atoms with Gasteiger partial charge in [-0.05, 0) is 50.7 Å². The van der Waals surface area contributed by atoms with Crippen LogP contribution in [0.25, 0.3) is 0 Å². The van der Waals surface area contributed by atoms with Crippen molar-refractivity contribution in [3.8, 4) is 0 Å². The van der Waals surface area contributed by atoms with E-state index >= 15 is 0 Å². The van der Waals surface area contributed by atoms with Gasteiger partial charge in [0, 0.05) is 32.2 Å². The molecule has 3 aliphatic heterocycles. The summed E-state index contributed by atoms with van der Waals surface area (Å²) in [5, 5.41) is 3.50. The zero-order valence-corrected chi connectivity index (χ0v) is 12.0. The van der Waals surface area contributed by atoms with Crippen LogP contribution < -0.4 is 5.32 Å². The average Bonchev–Trinajstić information content (AvgIpc) is 2.39. The topological polar surface area (TPSA) is 18.5 Å². The molecule has 18 heavy (non-hydrogen) atoms. The van der Waals surface area contributed by atoms with E-state index in [1.54, 1.807) is 0 Å². The molecule has 0 radical (unpaired) electrons. The molecule has 0 aromatic rings. The Labute approximate surface area is 112 Å². The van der Waals surface area contributed by atoms with Crippen molar-refractivity contribution in [2.75, 3.05) is 45.8 Å². The standard InChI is InChI=1S/C15H29N3/c1-15(5-7-16-8-6-15)13-17-10-11-18-9-3-2-4-14(18)12-17/h14,16H,2-13H2,1H3. The number of rotatable bonds is 2. The minimum Gasteiger partial charge on any atom is -0.317 e. The zero-order chi connectivity index (χ0) is 12.4. The minimum absolute atomic E-state index is 0.572. The van der Waals surface area contributed by atoms with Crippen LogP contribution in [0.3, 0.4) is 0 Å². The SMILES string of the molecule is CC1(CN2CCN3CCCCC3C2)CCNCC1. The molecule has 3 fully saturated rings. The Balaban J connectivity index is 1.54. The van der Waals surface area contributed by atoms with Gasteiger partial charge in [0.15, 0.2) is 0 Å². The van der Waals surface area contributed by atoms with Crippen LogP contribution in [-0.4, -0.2) is 61.7 Å². The van der Waals surface area contributed by atoms with E-state index in [0.717, 1.165) is 6.04 Å². The number of nitrogens with one attached hydrogen (secondary N) is 1. The third-order valence-corrected chi connectivity index (χ3v) is 5.34. The van der Waals surface area contributed by atoms with Crippen LogP contribution in [0.4, 0.5) is 0 Å². The lowest BCUT2D eigenvalue weighted by atomic mass is 9.80. The van der Waals surface area contributed by atoms with E-state index in [9.17, 15) is 0 Å². The van der Waals surface area contributed by atoms with Gasteiger partial charge in [-0.15, -0.1) is 0 Å². The Morgan fingerprint density at radius 2 is 1.94 bits per heavy atom. The molecule has 0 amide bonds. The molecule has 3 nitrogen and oxygen atoms in total. The van der Waals surface area contributed by atoms with Gasteiger partial charge in [0.1, 0.15) is 0 Å². The summed E-state index contributed by atoms with van der Waals surface area (Å²) in [7, 11) is 0. The maximum Gasteiger partial charge on any atom is 0.0223 e. The van der Waals surface area contributed by atoms with Crippen LogP contribution >= 0.6 is 0 Å². The van der Waals surface area contributed by atoms with Gasteiger partial charge in [0.25, 0.3) is 0 Å². The summed E-state index contributed by atoms with van der Waals surface area (Å²) in [5.41, 5.74) is 0.572. The lowest BCUT2D eigenvalue weighted by Crippen LogP contribution is -2.57. The fraction of sp³-hybridized carbons (Fsp3) is 1.00. The molecule has 1 atom stereocenters. The summed E-state index contributed by atoms with van der Waals surface area (Å²) >= 11 is 0. The quantitative estimate of drug-likeness (QED) is 0.803. The number of hydrogen-bond donors (Lipinski definition) is 1. The molecule has 3 aliphatic rings. The molecule has 104 valence electrons. The molecule has 0 spiro atoms. The molecule has 1 unspecified atom stereocenters. The number of piperidine rings is 2. The van der Waals surface area contributed by atoms with Crippen molar-refractivity contribution < 1.29 is 0 Å². The second kappa shape index (κ2) is 5.48. The molecular formula is C15H29N3. The van der Waals surface area contributed by atoms with Crippen LogP contribution in [0, 0.1) is 5.41 Å². The Morgan fingerprint density at radius 1 is 1.11 bits per heavy atom. The molecule has 0 aromatic carbocycles. The highest BCUT2D eigenvalue weighted by molar-refractivity contribution is 4.89. The van der Waals surface area contributed by atoms with Crippen molar-refractivity contribution in [1.82, 2.24) is 15.1 Å². The predicted octanol–water partition coefficient (Wildman–Crippen LogP) is 1.55. The highest BCUT2D eigenvalue weighted by Crippen LogP contribution is 2.30. The van der Waals surface area contributed by atoms with Gasteiger partial charge in [-0.2, -0.15) is 0 Å². The minimum atomic E-state index is 0.572. The third-order valence-electron chi connectivity index (χ3n) is 5.34. The van der Waals surface area contributed by atoms with Gasteiger partial charge in [-0.25, -0.2) is 0 Å². The number of nitrogens with zero attached hydrogens (tertiary/aromatic N) is 2. The highest BCUT2D eigenvalue weighted by Gasteiger charge is 2.33. The molecule has 0 saturated carbocycles. The fourth-order valence-electron chi connectivity index (χ4n) is 4.09. The Hall–Kier alpha value is -0.120. The van der Waals surface area contributed by atoms with Crippen molar-refractivity contribution in [2.24, 2.45) is 5.41 Å². The van der Waals surface area contributed by atoms with Gasteiger partial charge in [-0.1, -0.05) is 13.3 Å². The van der Waals surface area contributed by atoms with E-state index in [-0.39, 0.29) is 0 Å². The van der Waals surface area contributed by atoms with Gasteiger partial charge in [-0.3, -0.25) is 9.80 Å². The second-order valence-corrected chi connectivity index (χ2v) is 6.98. The fourth-order valence-corrected chi connectivity index (χ4v) is 4.09. The van der Waals surface area contributed by atoms with E-state index < -0.39 is 0 Å². The molecule has 3 rings (SSSR count). The monoisotopic (exact) mass is 251 g/mol. The van der Waals surface area contributed by atoms with Crippen LogP contribution in [0.15, 0.2) is 0 Å². The maximum absolute atomic E-state index is 3.50. The number of fused-ring (bicyclic) bond motifs is 1. The molecule has 3 heterocycles. The normalized spacial score (nSPS) is 34.2. The van der Waals surface area contributed by atoms with E-state index in [1.165, 1.54) is 77.9 Å². The van der Waals surface area contributed by atoms with Gasteiger partial charge < -0.3 is 5.32 Å². The van der Waals surface area contributed by atoms with Crippen LogP contribution in [0.1, 0.15) is 39.0 Å². The summed E-state index contributed by atoms with van der Waals surface area (Å²) in [6.07, 6.45) is 7.04. The second-order valence-electron chi connectivity index (χ2n) is 6.98. The molecule has 1 N–H and O–H groups in total.